The molecule has 0 radical (unpaired) electrons. The average molecular weight is 398 g/mol. The molecule has 140 valence electrons. The molecule has 6 heteroatoms. The minimum absolute atomic E-state index is 0.0354. The Morgan fingerprint density at radius 2 is 2.07 bits per heavy atom. The van der Waals surface area contributed by atoms with Gasteiger partial charge in [-0.1, -0.05) is 30.3 Å². The van der Waals surface area contributed by atoms with E-state index in [9.17, 15) is 4.79 Å². The summed E-state index contributed by atoms with van der Waals surface area (Å²) in [6.45, 7) is 8.27. The van der Waals surface area contributed by atoms with Gasteiger partial charge in [-0.25, -0.2) is 4.98 Å². The normalized spacial score (nSPS) is 10.9. The maximum Gasteiger partial charge on any atom is 0.231 e. The van der Waals surface area contributed by atoms with Gasteiger partial charge in [0.15, 0.2) is 0 Å². The average Bonchev–Trinajstić information content (AvgIpc) is 3.29. The number of aromatic nitrogens is 1. The van der Waals surface area contributed by atoms with Crippen LogP contribution in [0.4, 0.5) is 5.69 Å². The molecule has 3 rings (SSSR count). The van der Waals surface area contributed by atoms with Gasteiger partial charge in [0.05, 0.1) is 12.1 Å². The number of hydrogen-bond acceptors (Lipinski definition) is 5. The fourth-order valence-corrected chi connectivity index (χ4v) is 4.30. The number of benzene rings is 1. The second-order valence-corrected chi connectivity index (χ2v) is 8.29. The van der Waals surface area contributed by atoms with Crippen LogP contribution >= 0.6 is 22.7 Å². The van der Waals surface area contributed by atoms with Gasteiger partial charge < -0.3 is 5.32 Å². The lowest BCUT2D eigenvalue weighted by atomic mass is 10.2. The Morgan fingerprint density at radius 3 is 2.81 bits per heavy atom. The first-order valence-corrected chi connectivity index (χ1v) is 10.5. The number of para-hydroxylation sites is 1. The van der Waals surface area contributed by atoms with Crippen molar-refractivity contribution in [2.24, 2.45) is 0 Å². The maximum absolute atomic E-state index is 12.3. The van der Waals surface area contributed by atoms with Crippen LogP contribution in [0.2, 0.25) is 0 Å². The van der Waals surface area contributed by atoms with E-state index in [-0.39, 0.29) is 5.91 Å². The number of anilines is 1. The summed E-state index contributed by atoms with van der Waals surface area (Å²) >= 11 is 3.30. The predicted molar refractivity (Wildman–Crippen MR) is 114 cm³/mol. The Morgan fingerprint density at radius 1 is 1.22 bits per heavy atom. The number of nitrogens with one attached hydrogen (secondary N) is 1. The van der Waals surface area contributed by atoms with Crippen LogP contribution in [0.25, 0.3) is 0 Å². The van der Waals surface area contributed by atoms with E-state index < -0.39 is 0 Å². The Bertz CT molecular complexity index is 886. The minimum Gasteiger partial charge on any atom is -0.325 e. The highest BCUT2D eigenvalue weighted by molar-refractivity contribution is 7.10. The van der Waals surface area contributed by atoms with E-state index in [0.29, 0.717) is 6.42 Å². The highest BCUT2D eigenvalue weighted by Gasteiger charge is 2.12. The molecule has 0 aliphatic heterocycles. The number of amides is 1. The molecule has 1 amide bonds. The van der Waals surface area contributed by atoms with Crippen molar-refractivity contribution in [3.05, 3.63) is 81.0 Å². The lowest BCUT2D eigenvalue weighted by Gasteiger charge is -2.18. The molecule has 0 saturated carbocycles. The van der Waals surface area contributed by atoms with Gasteiger partial charge in [-0.05, 0) is 30.0 Å². The van der Waals surface area contributed by atoms with Crippen molar-refractivity contribution in [2.75, 3.05) is 11.9 Å². The van der Waals surface area contributed by atoms with E-state index in [4.69, 9.17) is 0 Å². The minimum atomic E-state index is -0.0354. The van der Waals surface area contributed by atoms with Gasteiger partial charge in [0.25, 0.3) is 0 Å². The number of carbonyl (C=O) groups is 1. The smallest absolute Gasteiger partial charge is 0.231 e. The largest absolute Gasteiger partial charge is 0.325 e. The van der Waals surface area contributed by atoms with E-state index in [2.05, 4.69) is 39.3 Å². The molecule has 1 aromatic carbocycles. The zero-order valence-corrected chi connectivity index (χ0v) is 17.0. The van der Waals surface area contributed by atoms with Crippen LogP contribution in [0.3, 0.4) is 0 Å². The lowest BCUT2D eigenvalue weighted by Crippen LogP contribution is -2.22. The first-order valence-electron chi connectivity index (χ1n) is 8.78. The molecule has 3 aromatic rings. The van der Waals surface area contributed by atoms with Gasteiger partial charge >= 0.3 is 0 Å². The van der Waals surface area contributed by atoms with E-state index >= 15 is 0 Å². The Kier molecular flexibility index (Phi) is 6.92. The van der Waals surface area contributed by atoms with Crippen molar-refractivity contribution in [1.29, 1.82) is 0 Å². The van der Waals surface area contributed by atoms with Gasteiger partial charge in [0.1, 0.15) is 5.01 Å². The summed E-state index contributed by atoms with van der Waals surface area (Å²) in [5.74, 6) is -0.0354. The highest BCUT2D eigenvalue weighted by Crippen LogP contribution is 2.18. The SMILES string of the molecule is C=CCN(Cc1csc(CC(=O)Nc2ccccc2C)n1)Cc1cccs1. The topological polar surface area (TPSA) is 45.2 Å². The molecular formula is C21H23N3OS2. The third kappa shape index (κ3) is 5.85. The lowest BCUT2D eigenvalue weighted by molar-refractivity contribution is -0.115. The van der Waals surface area contributed by atoms with Crippen molar-refractivity contribution in [1.82, 2.24) is 9.88 Å². The van der Waals surface area contributed by atoms with Crippen molar-refractivity contribution in [3.63, 3.8) is 0 Å². The molecule has 2 aromatic heterocycles. The first kappa shape index (κ1) is 19.5. The number of thiazole rings is 1. The second-order valence-electron chi connectivity index (χ2n) is 6.31. The summed E-state index contributed by atoms with van der Waals surface area (Å²) in [5, 5.41) is 7.94. The monoisotopic (exact) mass is 397 g/mol. The molecule has 2 heterocycles. The second kappa shape index (κ2) is 9.60. The molecule has 0 spiro atoms. The summed E-state index contributed by atoms with van der Waals surface area (Å²) in [5.41, 5.74) is 2.91. The fraction of sp³-hybridized carbons (Fsp3) is 0.238. The molecular weight excluding hydrogens is 374 g/mol. The maximum atomic E-state index is 12.3. The van der Waals surface area contributed by atoms with E-state index in [0.717, 1.165) is 41.6 Å². The Labute approximate surface area is 168 Å². The van der Waals surface area contributed by atoms with Crippen LogP contribution in [0.1, 0.15) is 21.1 Å². The molecule has 0 aliphatic rings. The molecule has 27 heavy (non-hydrogen) atoms. The molecule has 0 bridgehead atoms. The van der Waals surface area contributed by atoms with Crippen molar-refractivity contribution >= 4 is 34.3 Å². The van der Waals surface area contributed by atoms with E-state index in [1.807, 2.05) is 42.6 Å². The molecule has 0 fully saturated rings. The van der Waals surface area contributed by atoms with Crippen molar-refractivity contribution < 1.29 is 4.79 Å². The summed E-state index contributed by atoms with van der Waals surface area (Å²) in [6, 6.07) is 12.0. The summed E-state index contributed by atoms with van der Waals surface area (Å²) in [4.78, 5) is 20.6. The molecule has 0 saturated heterocycles. The fourth-order valence-electron chi connectivity index (χ4n) is 2.77. The van der Waals surface area contributed by atoms with Crippen LogP contribution in [-0.4, -0.2) is 22.3 Å². The number of rotatable bonds is 9. The molecule has 0 unspecified atom stereocenters. The van der Waals surface area contributed by atoms with Crippen LogP contribution < -0.4 is 5.32 Å². The van der Waals surface area contributed by atoms with Gasteiger partial charge in [0.2, 0.25) is 5.91 Å². The molecule has 0 aliphatic carbocycles. The van der Waals surface area contributed by atoms with Crippen molar-refractivity contribution in [2.45, 2.75) is 26.4 Å². The number of thiophene rings is 1. The molecule has 0 atom stereocenters. The Hall–Kier alpha value is -2.28. The van der Waals surface area contributed by atoms with Gasteiger partial charge in [-0.2, -0.15) is 0 Å². The number of aryl methyl sites for hydroxylation is 1. The van der Waals surface area contributed by atoms with E-state index in [1.165, 1.54) is 16.2 Å². The third-order valence-electron chi connectivity index (χ3n) is 4.06. The number of carbonyl (C=O) groups excluding carboxylic acids is 1. The quantitative estimate of drug-likeness (QED) is 0.523. The van der Waals surface area contributed by atoms with Crippen LogP contribution in [0.5, 0.6) is 0 Å². The molecule has 4 nitrogen and oxygen atoms in total. The summed E-state index contributed by atoms with van der Waals surface area (Å²) in [7, 11) is 0. The zero-order chi connectivity index (χ0) is 19.1. The predicted octanol–water partition coefficient (Wildman–Crippen LogP) is 4.88. The number of nitrogens with zero attached hydrogens (tertiary/aromatic N) is 2. The van der Waals surface area contributed by atoms with Gasteiger partial charge in [0, 0.05) is 35.6 Å². The van der Waals surface area contributed by atoms with E-state index in [1.54, 1.807) is 11.3 Å². The van der Waals surface area contributed by atoms with Crippen LogP contribution in [0, 0.1) is 6.92 Å². The van der Waals surface area contributed by atoms with Gasteiger partial charge in [-0.15, -0.1) is 29.3 Å². The molecule has 1 N–H and O–H groups in total. The van der Waals surface area contributed by atoms with Crippen LogP contribution in [0.15, 0.2) is 59.8 Å². The van der Waals surface area contributed by atoms with Crippen molar-refractivity contribution in [3.8, 4) is 0 Å². The number of hydrogen-bond donors (Lipinski definition) is 1. The zero-order valence-electron chi connectivity index (χ0n) is 15.4. The van der Waals surface area contributed by atoms with Crippen LogP contribution in [-0.2, 0) is 24.3 Å². The highest BCUT2D eigenvalue weighted by atomic mass is 32.1. The Balaban J connectivity index is 1.57. The standard InChI is InChI=1S/C21H23N3OS2/c1-3-10-24(14-18-8-6-11-26-18)13-17-15-27-21(22-17)12-20(25)23-19-9-5-4-7-16(19)2/h3-9,11,15H,1,10,12-14H2,2H3,(H,23,25). The summed E-state index contributed by atoms with van der Waals surface area (Å²) < 4.78 is 0. The van der Waals surface area contributed by atoms with Gasteiger partial charge in [-0.3, -0.25) is 9.69 Å². The first-order chi connectivity index (χ1) is 13.1. The third-order valence-corrected chi connectivity index (χ3v) is 5.82. The summed E-state index contributed by atoms with van der Waals surface area (Å²) in [6.07, 6.45) is 2.21.